The molecule has 1 aromatic rings. The second kappa shape index (κ2) is 7.46. The van der Waals surface area contributed by atoms with E-state index in [1.165, 1.54) is 0 Å². The Morgan fingerprint density at radius 3 is 2.39 bits per heavy atom. The van der Waals surface area contributed by atoms with Crippen LogP contribution in [-0.2, 0) is 14.3 Å². The zero-order valence-corrected chi connectivity index (χ0v) is 13.9. The largest absolute Gasteiger partial charge is 0.444 e. The lowest BCUT2D eigenvalue weighted by Gasteiger charge is -2.29. The molecule has 1 unspecified atom stereocenters. The molecule has 1 aromatic carbocycles. The summed E-state index contributed by atoms with van der Waals surface area (Å²) in [6, 6.07) is 6.88. The number of amides is 1. The van der Waals surface area contributed by atoms with Gasteiger partial charge in [-0.1, -0.05) is 12.1 Å². The van der Waals surface area contributed by atoms with Crippen LogP contribution in [0.2, 0.25) is 0 Å². The van der Waals surface area contributed by atoms with Crippen LogP contribution >= 0.6 is 0 Å². The van der Waals surface area contributed by atoms with Gasteiger partial charge in [-0.3, -0.25) is 0 Å². The highest BCUT2D eigenvalue weighted by Gasteiger charge is 2.20. The molecule has 6 heteroatoms. The highest BCUT2D eigenvalue weighted by atomic mass is 16.6. The Hall–Kier alpha value is -2.08. The van der Waals surface area contributed by atoms with Crippen LogP contribution in [0.4, 0.5) is 10.5 Å². The van der Waals surface area contributed by atoms with Crippen molar-refractivity contribution in [3.63, 3.8) is 0 Å². The standard InChI is InChI=1S/C17H24N2O4/c1-17(2,3)23-16(21)18-15(12-20)13-4-6-14(7-5-13)19-8-10-22-11-9-19/h4-7,12,15H,8-11H2,1-3H3,(H,18,21). The lowest BCUT2D eigenvalue weighted by Crippen LogP contribution is -2.36. The van der Waals surface area contributed by atoms with Crippen LogP contribution in [0.3, 0.4) is 0 Å². The normalized spacial score (nSPS) is 16.6. The fourth-order valence-corrected chi connectivity index (χ4v) is 2.34. The first-order chi connectivity index (χ1) is 10.9. The summed E-state index contributed by atoms with van der Waals surface area (Å²) < 4.78 is 10.5. The number of nitrogens with one attached hydrogen (secondary N) is 1. The summed E-state index contributed by atoms with van der Waals surface area (Å²) in [5, 5.41) is 2.58. The van der Waals surface area contributed by atoms with Gasteiger partial charge >= 0.3 is 6.09 Å². The van der Waals surface area contributed by atoms with Crippen LogP contribution in [0.5, 0.6) is 0 Å². The molecule has 1 amide bonds. The highest BCUT2D eigenvalue weighted by Crippen LogP contribution is 2.20. The molecule has 126 valence electrons. The SMILES string of the molecule is CC(C)(C)OC(=O)NC(C=O)c1ccc(N2CCOCC2)cc1. The summed E-state index contributed by atoms with van der Waals surface area (Å²) in [6.45, 7) is 8.48. The van der Waals surface area contributed by atoms with Crippen LogP contribution in [0, 0.1) is 0 Å². The molecule has 0 aliphatic carbocycles. The van der Waals surface area contributed by atoms with E-state index < -0.39 is 17.7 Å². The number of carbonyl (C=O) groups is 2. The Labute approximate surface area is 136 Å². The highest BCUT2D eigenvalue weighted by molar-refractivity contribution is 5.74. The molecular formula is C17H24N2O4. The van der Waals surface area contributed by atoms with Gasteiger partial charge in [0.1, 0.15) is 17.9 Å². The quantitative estimate of drug-likeness (QED) is 0.862. The summed E-state index contributed by atoms with van der Waals surface area (Å²) >= 11 is 0. The van der Waals surface area contributed by atoms with Crippen LogP contribution in [0.15, 0.2) is 24.3 Å². The van der Waals surface area contributed by atoms with Crippen LogP contribution in [-0.4, -0.2) is 44.3 Å². The molecule has 1 atom stereocenters. The molecule has 0 bridgehead atoms. The van der Waals surface area contributed by atoms with Gasteiger partial charge in [0.2, 0.25) is 0 Å². The molecule has 2 rings (SSSR count). The number of alkyl carbamates (subject to hydrolysis) is 1. The number of ether oxygens (including phenoxy) is 2. The monoisotopic (exact) mass is 320 g/mol. The van der Waals surface area contributed by atoms with Gasteiger partial charge in [0.15, 0.2) is 0 Å². The second-order valence-corrected chi connectivity index (χ2v) is 6.45. The predicted octanol–water partition coefficient (Wildman–Crippen LogP) is 2.29. The second-order valence-electron chi connectivity index (χ2n) is 6.45. The molecule has 23 heavy (non-hydrogen) atoms. The Balaban J connectivity index is 2.00. The molecule has 1 N–H and O–H groups in total. The first kappa shape index (κ1) is 17.3. The first-order valence-corrected chi connectivity index (χ1v) is 7.76. The topological polar surface area (TPSA) is 67.9 Å². The van der Waals surface area contributed by atoms with Crippen molar-refractivity contribution in [1.29, 1.82) is 0 Å². The Bertz CT molecular complexity index is 531. The molecule has 0 saturated carbocycles. The number of morpholine rings is 1. The number of aldehydes is 1. The minimum Gasteiger partial charge on any atom is -0.444 e. The molecule has 1 saturated heterocycles. The minimum atomic E-state index is -0.719. The van der Waals surface area contributed by atoms with E-state index in [4.69, 9.17) is 9.47 Å². The van der Waals surface area contributed by atoms with E-state index in [0.717, 1.165) is 37.6 Å². The van der Waals surface area contributed by atoms with Crippen molar-refractivity contribution in [2.75, 3.05) is 31.2 Å². The number of benzene rings is 1. The zero-order chi connectivity index (χ0) is 16.9. The van der Waals surface area contributed by atoms with Crippen molar-refractivity contribution in [3.8, 4) is 0 Å². The van der Waals surface area contributed by atoms with Crippen molar-refractivity contribution < 1.29 is 19.1 Å². The Morgan fingerprint density at radius 2 is 1.87 bits per heavy atom. The van der Waals surface area contributed by atoms with Crippen molar-refractivity contribution in [2.45, 2.75) is 32.4 Å². The fourth-order valence-electron chi connectivity index (χ4n) is 2.34. The number of hydrogen-bond acceptors (Lipinski definition) is 5. The third-order valence-corrected chi connectivity index (χ3v) is 3.44. The number of anilines is 1. The average Bonchev–Trinajstić information content (AvgIpc) is 2.52. The predicted molar refractivity (Wildman–Crippen MR) is 87.6 cm³/mol. The maximum atomic E-state index is 11.8. The van der Waals surface area contributed by atoms with Crippen molar-refractivity contribution in [3.05, 3.63) is 29.8 Å². The van der Waals surface area contributed by atoms with Gasteiger partial charge < -0.3 is 24.5 Å². The van der Waals surface area contributed by atoms with Gasteiger partial charge in [0, 0.05) is 18.8 Å². The smallest absolute Gasteiger partial charge is 0.408 e. The Morgan fingerprint density at radius 1 is 1.26 bits per heavy atom. The van der Waals surface area contributed by atoms with E-state index >= 15 is 0 Å². The average molecular weight is 320 g/mol. The lowest BCUT2D eigenvalue weighted by atomic mass is 10.1. The summed E-state index contributed by atoms with van der Waals surface area (Å²) in [6.07, 6.45) is 0.0973. The van der Waals surface area contributed by atoms with Crippen molar-refractivity contribution in [1.82, 2.24) is 5.32 Å². The van der Waals surface area contributed by atoms with E-state index in [-0.39, 0.29) is 0 Å². The number of carbonyl (C=O) groups excluding carboxylic acids is 2. The summed E-state index contributed by atoms with van der Waals surface area (Å²) in [7, 11) is 0. The van der Waals surface area contributed by atoms with Gasteiger partial charge in [-0.15, -0.1) is 0 Å². The lowest BCUT2D eigenvalue weighted by molar-refractivity contribution is -0.109. The van der Waals surface area contributed by atoms with Crippen LogP contribution in [0.1, 0.15) is 32.4 Å². The summed E-state index contributed by atoms with van der Waals surface area (Å²) in [4.78, 5) is 25.3. The maximum absolute atomic E-state index is 11.8. The van der Waals surface area contributed by atoms with E-state index in [9.17, 15) is 9.59 Å². The summed E-state index contributed by atoms with van der Waals surface area (Å²) in [5.41, 5.74) is 1.21. The van der Waals surface area contributed by atoms with Crippen LogP contribution in [0.25, 0.3) is 0 Å². The molecular weight excluding hydrogens is 296 g/mol. The maximum Gasteiger partial charge on any atom is 0.408 e. The first-order valence-electron chi connectivity index (χ1n) is 7.76. The molecule has 1 heterocycles. The summed E-state index contributed by atoms with van der Waals surface area (Å²) in [5.74, 6) is 0. The minimum absolute atomic E-state index is 0.599. The van der Waals surface area contributed by atoms with E-state index in [1.54, 1.807) is 20.8 Å². The third kappa shape index (κ3) is 5.25. The molecule has 0 aromatic heterocycles. The van der Waals surface area contributed by atoms with E-state index in [2.05, 4.69) is 10.2 Å². The Kier molecular flexibility index (Phi) is 5.60. The number of nitrogens with zero attached hydrogens (tertiary/aromatic N) is 1. The van der Waals surface area contributed by atoms with Gasteiger partial charge in [-0.2, -0.15) is 0 Å². The van der Waals surface area contributed by atoms with Gasteiger partial charge in [0.25, 0.3) is 0 Å². The van der Waals surface area contributed by atoms with Gasteiger partial charge in [0.05, 0.1) is 13.2 Å². The van der Waals surface area contributed by atoms with Gasteiger partial charge in [-0.05, 0) is 38.5 Å². The number of hydrogen-bond donors (Lipinski definition) is 1. The van der Waals surface area contributed by atoms with Gasteiger partial charge in [-0.25, -0.2) is 4.79 Å². The third-order valence-electron chi connectivity index (χ3n) is 3.44. The van der Waals surface area contributed by atoms with Crippen molar-refractivity contribution >= 4 is 18.1 Å². The molecule has 6 nitrogen and oxygen atoms in total. The molecule has 0 spiro atoms. The zero-order valence-electron chi connectivity index (χ0n) is 13.9. The number of rotatable bonds is 4. The van der Waals surface area contributed by atoms with Crippen LogP contribution < -0.4 is 10.2 Å². The van der Waals surface area contributed by atoms with E-state index in [0.29, 0.717) is 6.29 Å². The molecule has 1 aliphatic heterocycles. The van der Waals surface area contributed by atoms with Crippen molar-refractivity contribution in [2.24, 2.45) is 0 Å². The molecule has 1 fully saturated rings. The molecule has 0 radical (unpaired) electrons. The molecule has 1 aliphatic rings. The fraction of sp³-hybridized carbons (Fsp3) is 0.529. The van der Waals surface area contributed by atoms with E-state index in [1.807, 2.05) is 24.3 Å².